The molecule has 1 heterocycles. The summed E-state index contributed by atoms with van der Waals surface area (Å²) in [4.78, 5) is 3.38. The standard InChI is InChI=1S/C7H5F4N/c1-4-6(8)5(2-3-12-4)7(9,10)11/h2-3H,1H3. The van der Waals surface area contributed by atoms with Gasteiger partial charge < -0.3 is 0 Å². The Bertz CT molecular complexity index is 292. The Morgan fingerprint density at radius 3 is 2.33 bits per heavy atom. The van der Waals surface area contributed by atoms with Crippen molar-refractivity contribution in [1.29, 1.82) is 0 Å². The van der Waals surface area contributed by atoms with E-state index in [0.29, 0.717) is 6.07 Å². The molecule has 0 radical (unpaired) electrons. The van der Waals surface area contributed by atoms with Crippen LogP contribution < -0.4 is 0 Å². The van der Waals surface area contributed by atoms with E-state index >= 15 is 0 Å². The van der Waals surface area contributed by atoms with Crippen molar-refractivity contribution in [2.24, 2.45) is 0 Å². The van der Waals surface area contributed by atoms with E-state index in [2.05, 4.69) is 4.98 Å². The van der Waals surface area contributed by atoms with E-state index in [9.17, 15) is 17.6 Å². The van der Waals surface area contributed by atoms with Gasteiger partial charge in [-0.25, -0.2) is 4.39 Å². The summed E-state index contributed by atoms with van der Waals surface area (Å²) in [6.45, 7) is 1.19. The molecule has 12 heavy (non-hydrogen) atoms. The lowest BCUT2D eigenvalue weighted by Crippen LogP contribution is -2.09. The zero-order valence-corrected chi connectivity index (χ0v) is 6.11. The Morgan fingerprint density at radius 2 is 1.92 bits per heavy atom. The lowest BCUT2D eigenvalue weighted by Gasteiger charge is -2.07. The van der Waals surface area contributed by atoms with Crippen molar-refractivity contribution < 1.29 is 17.6 Å². The van der Waals surface area contributed by atoms with Gasteiger partial charge in [-0.3, -0.25) is 4.98 Å². The van der Waals surface area contributed by atoms with Crippen LogP contribution in [0, 0.1) is 12.7 Å². The van der Waals surface area contributed by atoms with Crippen LogP contribution in [-0.2, 0) is 6.18 Å². The molecule has 0 aliphatic heterocycles. The molecule has 5 heteroatoms. The van der Waals surface area contributed by atoms with Gasteiger partial charge in [-0.1, -0.05) is 0 Å². The fraction of sp³-hybridized carbons (Fsp3) is 0.286. The van der Waals surface area contributed by atoms with Gasteiger partial charge in [0.1, 0.15) is 0 Å². The van der Waals surface area contributed by atoms with Crippen molar-refractivity contribution in [3.63, 3.8) is 0 Å². The molecule has 0 saturated heterocycles. The van der Waals surface area contributed by atoms with E-state index in [1.54, 1.807) is 0 Å². The Hall–Kier alpha value is -1.13. The van der Waals surface area contributed by atoms with E-state index in [1.165, 1.54) is 6.92 Å². The van der Waals surface area contributed by atoms with E-state index in [0.717, 1.165) is 6.20 Å². The van der Waals surface area contributed by atoms with Gasteiger partial charge in [-0.2, -0.15) is 13.2 Å². The van der Waals surface area contributed by atoms with Gasteiger partial charge in [0, 0.05) is 6.20 Å². The van der Waals surface area contributed by atoms with Crippen LogP contribution in [0.5, 0.6) is 0 Å². The van der Waals surface area contributed by atoms with Crippen molar-refractivity contribution in [1.82, 2.24) is 4.98 Å². The summed E-state index contributed by atoms with van der Waals surface area (Å²) in [6.07, 6.45) is -3.71. The second-order valence-corrected chi connectivity index (χ2v) is 2.26. The summed E-state index contributed by atoms with van der Waals surface area (Å²) in [5.41, 5.74) is -1.51. The molecule has 0 N–H and O–H groups in total. The van der Waals surface area contributed by atoms with Crippen molar-refractivity contribution in [3.05, 3.63) is 29.3 Å². The maximum atomic E-state index is 12.7. The van der Waals surface area contributed by atoms with Crippen LogP contribution in [0.25, 0.3) is 0 Å². The van der Waals surface area contributed by atoms with Crippen LogP contribution in [0.15, 0.2) is 12.3 Å². The first-order valence-electron chi connectivity index (χ1n) is 3.11. The second-order valence-electron chi connectivity index (χ2n) is 2.26. The van der Waals surface area contributed by atoms with Crippen LogP contribution in [0.1, 0.15) is 11.3 Å². The number of hydrogen-bond donors (Lipinski definition) is 0. The van der Waals surface area contributed by atoms with Crippen LogP contribution in [0.4, 0.5) is 17.6 Å². The highest BCUT2D eigenvalue weighted by molar-refractivity contribution is 5.21. The molecular weight excluding hydrogens is 174 g/mol. The minimum Gasteiger partial charge on any atom is -0.259 e. The van der Waals surface area contributed by atoms with Gasteiger partial charge >= 0.3 is 6.18 Å². The van der Waals surface area contributed by atoms with Crippen LogP contribution in [0.3, 0.4) is 0 Å². The number of hydrogen-bond acceptors (Lipinski definition) is 1. The maximum absolute atomic E-state index is 12.7. The average Bonchev–Trinajstić information content (AvgIpc) is 1.92. The molecule has 0 spiro atoms. The van der Waals surface area contributed by atoms with Gasteiger partial charge in [0.15, 0.2) is 5.82 Å². The first-order chi connectivity index (χ1) is 5.43. The summed E-state index contributed by atoms with van der Waals surface area (Å²) in [6, 6.07) is 0.613. The second kappa shape index (κ2) is 2.73. The van der Waals surface area contributed by atoms with Crippen LogP contribution in [0.2, 0.25) is 0 Å². The molecule has 0 bridgehead atoms. The van der Waals surface area contributed by atoms with Crippen molar-refractivity contribution in [2.45, 2.75) is 13.1 Å². The predicted octanol–water partition coefficient (Wildman–Crippen LogP) is 2.55. The molecule has 0 aromatic carbocycles. The Labute approximate surface area is 66.0 Å². The summed E-state index contributed by atoms with van der Waals surface area (Å²) < 4.78 is 48.6. The van der Waals surface area contributed by atoms with E-state index in [1.807, 2.05) is 0 Å². The third kappa shape index (κ3) is 1.54. The number of nitrogens with zero attached hydrogens (tertiary/aromatic N) is 1. The minimum absolute atomic E-state index is 0.246. The Balaban J connectivity index is 3.26. The molecule has 1 aromatic heterocycles. The topological polar surface area (TPSA) is 12.9 Å². The zero-order chi connectivity index (χ0) is 9.35. The SMILES string of the molecule is Cc1nccc(C(F)(F)F)c1F. The predicted molar refractivity (Wildman–Crippen MR) is 33.9 cm³/mol. The lowest BCUT2D eigenvalue weighted by atomic mass is 10.2. The van der Waals surface area contributed by atoms with Crippen LogP contribution in [-0.4, -0.2) is 4.98 Å². The largest absolute Gasteiger partial charge is 0.419 e. The average molecular weight is 179 g/mol. The molecule has 0 fully saturated rings. The van der Waals surface area contributed by atoms with Crippen LogP contribution >= 0.6 is 0 Å². The lowest BCUT2D eigenvalue weighted by molar-refractivity contribution is -0.140. The first-order valence-corrected chi connectivity index (χ1v) is 3.11. The molecule has 0 aliphatic carbocycles. The van der Waals surface area contributed by atoms with E-state index in [4.69, 9.17) is 0 Å². The molecular formula is C7H5F4N. The van der Waals surface area contributed by atoms with Crippen molar-refractivity contribution in [2.75, 3.05) is 0 Å². The number of alkyl halides is 3. The molecule has 0 amide bonds. The third-order valence-electron chi connectivity index (χ3n) is 1.37. The summed E-state index contributed by atoms with van der Waals surface area (Å²) in [7, 11) is 0. The fourth-order valence-corrected chi connectivity index (χ4v) is 0.767. The number of aryl methyl sites for hydroxylation is 1. The number of halogens is 4. The highest BCUT2D eigenvalue weighted by atomic mass is 19.4. The normalized spacial score (nSPS) is 11.8. The number of rotatable bonds is 0. The molecule has 1 rings (SSSR count). The summed E-state index contributed by atoms with van der Waals surface area (Å²) >= 11 is 0. The van der Waals surface area contributed by atoms with Crippen molar-refractivity contribution >= 4 is 0 Å². The van der Waals surface area contributed by atoms with E-state index in [-0.39, 0.29) is 5.69 Å². The van der Waals surface area contributed by atoms with Gasteiger partial charge in [-0.15, -0.1) is 0 Å². The highest BCUT2D eigenvalue weighted by Gasteiger charge is 2.34. The monoisotopic (exact) mass is 179 g/mol. The molecule has 0 aliphatic rings. The first kappa shape index (κ1) is 8.96. The maximum Gasteiger partial charge on any atom is 0.419 e. The van der Waals surface area contributed by atoms with Gasteiger partial charge in [0.05, 0.1) is 11.3 Å². The Kier molecular flexibility index (Phi) is 2.04. The highest BCUT2D eigenvalue weighted by Crippen LogP contribution is 2.31. The number of aromatic nitrogens is 1. The fourth-order valence-electron chi connectivity index (χ4n) is 0.767. The smallest absolute Gasteiger partial charge is 0.259 e. The molecule has 1 nitrogen and oxygen atoms in total. The van der Waals surface area contributed by atoms with Gasteiger partial charge in [-0.05, 0) is 13.0 Å². The molecule has 66 valence electrons. The minimum atomic E-state index is -4.64. The van der Waals surface area contributed by atoms with Gasteiger partial charge in [0.2, 0.25) is 0 Å². The number of pyridine rings is 1. The molecule has 0 saturated carbocycles. The van der Waals surface area contributed by atoms with E-state index < -0.39 is 17.6 Å². The molecule has 1 aromatic rings. The van der Waals surface area contributed by atoms with Gasteiger partial charge in [0.25, 0.3) is 0 Å². The quantitative estimate of drug-likeness (QED) is 0.557. The molecule has 0 unspecified atom stereocenters. The third-order valence-corrected chi connectivity index (χ3v) is 1.37. The molecule has 0 atom stereocenters. The van der Waals surface area contributed by atoms with Crippen molar-refractivity contribution in [3.8, 4) is 0 Å². The summed E-state index contributed by atoms with van der Waals surface area (Å²) in [5, 5.41) is 0. The zero-order valence-electron chi connectivity index (χ0n) is 6.11. The summed E-state index contributed by atoms with van der Waals surface area (Å²) in [5.74, 6) is -1.30. The Morgan fingerprint density at radius 1 is 1.33 bits per heavy atom.